The molecule has 0 saturated carbocycles. The second kappa shape index (κ2) is 11.9. The van der Waals surface area contributed by atoms with Gasteiger partial charge in [0.05, 0.1) is 11.1 Å². The third-order valence-corrected chi connectivity index (χ3v) is 11.8. The molecule has 11 rings (SSSR count). The summed E-state index contributed by atoms with van der Waals surface area (Å²) < 4.78 is 9.31. The van der Waals surface area contributed by atoms with Gasteiger partial charge in [0.25, 0.3) is 0 Å². The highest BCUT2D eigenvalue weighted by molar-refractivity contribution is 7.25. The number of nitrogens with zero attached hydrogens (tertiary/aromatic N) is 1. The maximum atomic E-state index is 6.68. The summed E-state index contributed by atoms with van der Waals surface area (Å²) in [5, 5.41) is 9.62. The highest BCUT2D eigenvalue weighted by Crippen LogP contribution is 2.46. The Bertz CT molecular complexity index is 3180. The maximum Gasteiger partial charge on any atom is 0.143 e. The first kappa shape index (κ1) is 30.0. The molecule has 248 valence electrons. The molecule has 0 aliphatic rings. The van der Waals surface area contributed by atoms with Gasteiger partial charge in [-0.15, -0.1) is 11.3 Å². The summed E-state index contributed by atoms with van der Waals surface area (Å²) >= 11 is 1.86. The monoisotopic (exact) mass is 693 g/mol. The molecule has 0 aliphatic heterocycles. The van der Waals surface area contributed by atoms with Crippen LogP contribution < -0.4 is 4.90 Å². The minimum Gasteiger partial charge on any atom is -0.455 e. The molecule has 9 aromatic carbocycles. The van der Waals surface area contributed by atoms with Crippen LogP contribution in [0.2, 0.25) is 0 Å². The molecule has 0 atom stereocenters. The molecule has 0 amide bonds. The van der Waals surface area contributed by atoms with Crippen molar-refractivity contribution in [3.8, 4) is 22.3 Å². The topological polar surface area (TPSA) is 16.4 Å². The highest BCUT2D eigenvalue weighted by Gasteiger charge is 2.21. The van der Waals surface area contributed by atoms with Gasteiger partial charge in [-0.25, -0.2) is 0 Å². The van der Waals surface area contributed by atoms with Gasteiger partial charge in [0.2, 0.25) is 0 Å². The second-order valence-electron chi connectivity index (χ2n) is 13.7. The number of hydrogen-bond acceptors (Lipinski definition) is 3. The molecule has 0 radical (unpaired) electrons. The molecule has 2 aromatic heterocycles. The van der Waals surface area contributed by atoms with Crippen molar-refractivity contribution in [1.29, 1.82) is 0 Å². The summed E-state index contributed by atoms with van der Waals surface area (Å²) in [6.45, 7) is 0. The van der Waals surface area contributed by atoms with Crippen molar-refractivity contribution in [2.75, 3.05) is 4.90 Å². The zero-order chi connectivity index (χ0) is 34.9. The van der Waals surface area contributed by atoms with E-state index in [0.29, 0.717) is 0 Å². The van der Waals surface area contributed by atoms with Crippen LogP contribution in [0.3, 0.4) is 0 Å². The second-order valence-corrected chi connectivity index (χ2v) is 14.8. The molecule has 11 aromatic rings. The number of fused-ring (bicyclic) bond motifs is 9. The van der Waals surface area contributed by atoms with Crippen molar-refractivity contribution in [2.45, 2.75) is 0 Å². The van der Waals surface area contributed by atoms with Gasteiger partial charge >= 0.3 is 0 Å². The van der Waals surface area contributed by atoms with Crippen molar-refractivity contribution in [3.63, 3.8) is 0 Å². The van der Waals surface area contributed by atoms with E-state index in [4.69, 9.17) is 4.42 Å². The number of furan rings is 1. The lowest BCUT2D eigenvalue weighted by molar-refractivity contribution is 0.672. The van der Waals surface area contributed by atoms with Crippen LogP contribution in [0.4, 0.5) is 17.1 Å². The molecule has 53 heavy (non-hydrogen) atoms. The fourth-order valence-corrected chi connectivity index (χ4v) is 9.29. The molecule has 0 fully saturated rings. The van der Waals surface area contributed by atoms with Gasteiger partial charge in [0.1, 0.15) is 11.2 Å². The van der Waals surface area contributed by atoms with E-state index in [2.05, 4.69) is 193 Å². The van der Waals surface area contributed by atoms with E-state index in [0.717, 1.165) is 44.4 Å². The average Bonchev–Trinajstić information content (AvgIpc) is 3.80. The standard InChI is InChI=1S/C50H31NOS/c1-3-15-39-33(10-1)12-8-18-40(39)36-13-7-14-38(30-36)51(45-19-9-20-46-49(45)44-29-24-34-11-2-4-16-41(34)50(44)52-46)37-26-22-32(23-27-37)35-25-28-43-42-17-5-6-21-47(42)53-48(43)31-35/h1-31H. The fraction of sp³-hybridized carbons (Fsp3) is 0. The molecule has 0 spiro atoms. The minimum atomic E-state index is 0.873. The molecule has 2 heterocycles. The van der Waals surface area contributed by atoms with E-state index in [1.165, 1.54) is 58.6 Å². The van der Waals surface area contributed by atoms with Gasteiger partial charge in [-0.2, -0.15) is 0 Å². The largest absolute Gasteiger partial charge is 0.455 e. The van der Waals surface area contributed by atoms with E-state index in [1.54, 1.807) is 0 Å². The van der Waals surface area contributed by atoms with Gasteiger partial charge in [0.15, 0.2) is 0 Å². The lowest BCUT2D eigenvalue weighted by Gasteiger charge is -2.27. The lowest BCUT2D eigenvalue weighted by atomic mass is 9.97. The number of anilines is 3. The van der Waals surface area contributed by atoms with Gasteiger partial charge in [-0.1, -0.05) is 133 Å². The molecular weight excluding hydrogens is 663 g/mol. The number of hydrogen-bond donors (Lipinski definition) is 0. The Hall–Kier alpha value is -6.68. The first-order valence-electron chi connectivity index (χ1n) is 18.0. The molecule has 0 N–H and O–H groups in total. The van der Waals surface area contributed by atoms with Crippen LogP contribution in [0, 0.1) is 0 Å². The Kier molecular flexibility index (Phi) is 6.76. The maximum absolute atomic E-state index is 6.68. The minimum absolute atomic E-state index is 0.873. The molecule has 3 heteroatoms. The number of rotatable bonds is 5. The van der Waals surface area contributed by atoms with Crippen LogP contribution in [0.5, 0.6) is 0 Å². The Balaban J connectivity index is 1.10. The zero-order valence-electron chi connectivity index (χ0n) is 28.7. The van der Waals surface area contributed by atoms with E-state index in [1.807, 2.05) is 11.3 Å². The van der Waals surface area contributed by atoms with Crippen molar-refractivity contribution in [1.82, 2.24) is 0 Å². The first-order valence-corrected chi connectivity index (χ1v) is 18.8. The van der Waals surface area contributed by atoms with E-state index in [-0.39, 0.29) is 0 Å². The van der Waals surface area contributed by atoms with Crippen LogP contribution in [-0.2, 0) is 0 Å². The van der Waals surface area contributed by atoms with Gasteiger partial charge < -0.3 is 9.32 Å². The molecule has 0 saturated heterocycles. The Morgan fingerprint density at radius 2 is 1.08 bits per heavy atom. The smallest absolute Gasteiger partial charge is 0.143 e. The predicted molar refractivity (Wildman–Crippen MR) is 227 cm³/mol. The zero-order valence-corrected chi connectivity index (χ0v) is 29.5. The molecule has 2 nitrogen and oxygen atoms in total. The summed E-state index contributed by atoms with van der Waals surface area (Å²) in [5.41, 5.74) is 9.83. The highest BCUT2D eigenvalue weighted by atomic mass is 32.1. The molecule has 0 bridgehead atoms. The number of benzene rings is 9. The molecule has 0 aliphatic carbocycles. The van der Waals surface area contributed by atoms with Gasteiger partial charge in [-0.3, -0.25) is 0 Å². The quantitative estimate of drug-likeness (QED) is 0.178. The Labute approximate surface area is 310 Å². The molecule has 0 unspecified atom stereocenters. The third kappa shape index (κ3) is 4.86. The Morgan fingerprint density at radius 1 is 0.396 bits per heavy atom. The summed E-state index contributed by atoms with van der Waals surface area (Å²) in [6, 6.07) is 68.0. The van der Waals surface area contributed by atoms with Gasteiger partial charge in [0, 0.05) is 42.3 Å². The fourth-order valence-electron chi connectivity index (χ4n) is 8.15. The SMILES string of the molecule is c1cc(-c2cccc3ccccc23)cc(N(c2ccc(-c3ccc4c(c3)sc3ccccc34)cc2)c2cccc3oc4c5ccccc5ccc4c23)c1. The van der Waals surface area contributed by atoms with E-state index < -0.39 is 0 Å². The predicted octanol–water partition coefficient (Wildman–Crippen LogP) is 15.1. The average molecular weight is 694 g/mol. The summed E-state index contributed by atoms with van der Waals surface area (Å²) in [5.74, 6) is 0. The third-order valence-electron chi connectivity index (χ3n) is 10.6. The van der Waals surface area contributed by atoms with Crippen LogP contribution in [0.1, 0.15) is 0 Å². The van der Waals surface area contributed by atoms with Crippen LogP contribution in [0.15, 0.2) is 192 Å². The lowest BCUT2D eigenvalue weighted by Crippen LogP contribution is -2.10. The van der Waals surface area contributed by atoms with Crippen LogP contribution in [0.25, 0.3) is 85.9 Å². The molecular formula is C50H31NOS. The van der Waals surface area contributed by atoms with Crippen molar-refractivity contribution < 1.29 is 4.42 Å². The summed E-state index contributed by atoms with van der Waals surface area (Å²) in [4.78, 5) is 2.39. The van der Waals surface area contributed by atoms with Gasteiger partial charge in [-0.05, 0) is 93.0 Å². The number of thiophene rings is 1. The summed E-state index contributed by atoms with van der Waals surface area (Å²) in [6.07, 6.45) is 0. The van der Waals surface area contributed by atoms with E-state index in [9.17, 15) is 0 Å². The van der Waals surface area contributed by atoms with Crippen molar-refractivity contribution in [3.05, 3.63) is 188 Å². The van der Waals surface area contributed by atoms with Crippen LogP contribution >= 0.6 is 11.3 Å². The Morgan fingerprint density at radius 3 is 1.96 bits per heavy atom. The van der Waals surface area contributed by atoms with Crippen LogP contribution in [-0.4, -0.2) is 0 Å². The van der Waals surface area contributed by atoms with Crippen molar-refractivity contribution >= 4 is 92.1 Å². The summed E-state index contributed by atoms with van der Waals surface area (Å²) in [7, 11) is 0. The normalized spacial score (nSPS) is 11.8. The van der Waals surface area contributed by atoms with E-state index >= 15 is 0 Å². The first-order chi connectivity index (χ1) is 26.3. The van der Waals surface area contributed by atoms with Crippen molar-refractivity contribution in [2.24, 2.45) is 0 Å².